The average Bonchev–Trinajstić information content (AvgIpc) is 2.97. The monoisotopic (exact) mass is 370 g/mol. The summed E-state index contributed by atoms with van der Waals surface area (Å²) in [6.45, 7) is 0. The van der Waals surface area contributed by atoms with Crippen LogP contribution in [0.3, 0.4) is 0 Å². The molecule has 0 bridgehead atoms. The van der Waals surface area contributed by atoms with E-state index in [1.54, 1.807) is 18.0 Å². The number of para-hydroxylation sites is 2. The fourth-order valence-electron chi connectivity index (χ4n) is 2.28. The summed E-state index contributed by atoms with van der Waals surface area (Å²) in [7, 11) is 1.95. The summed E-state index contributed by atoms with van der Waals surface area (Å²) in [6, 6.07) is 15.9. The highest BCUT2D eigenvalue weighted by Gasteiger charge is 2.09. The maximum Gasteiger partial charge on any atom is 0.250 e. The van der Waals surface area contributed by atoms with Crippen molar-refractivity contribution >= 4 is 46.7 Å². The lowest BCUT2D eigenvalue weighted by atomic mass is 10.2. The first-order valence-electron chi connectivity index (χ1n) is 7.67. The third-order valence-electron chi connectivity index (χ3n) is 3.60. The van der Waals surface area contributed by atoms with Gasteiger partial charge in [-0.15, -0.1) is 11.8 Å². The number of benzene rings is 2. The highest BCUT2D eigenvalue weighted by Crippen LogP contribution is 2.22. The van der Waals surface area contributed by atoms with Gasteiger partial charge in [0.25, 0.3) is 5.91 Å². The third kappa shape index (κ3) is 4.43. The average molecular weight is 371 g/mol. The normalized spacial score (nSPS) is 11.3. The fraction of sp³-hybridized carbons (Fsp3) is 0.167. The van der Waals surface area contributed by atoms with Crippen LogP contribution in [-0.4, -0.2) is 33.7 Å². The van der Waals surface area contributed by atoms with Crippen LogP contribution in [0.4, 0.5) is 0 Å². The number of carbonyl (C=O) groups is 1. The second kappa shape index (κ2) is 8.22. The zero-order valence-corrected chi connectivity index (χ0v) is 15.6. The summed E-state index contributed by atoms with van der Waals surface area (Å²) in [5.74, 6) is 0.106. The topological polar surface area (TPSA) is 59.3 Å². The molecule has 3 aromatic rings. The van der Waals surface area contributed by atoms with E-state index in [9.17, 15) is 4.79 Å². The molecule has 0 radical (unpaired) electrons. The van der Waals surface area contributed by atoms with Gasteiger partial charge in [-0.05, 0) is 36.1 Å². The highest BCUT2D eigenvalue weighted by atomic mass is 32.2. The summed E-state index contributed by atoms with van der Waals surface area (Å²) < 4.78 is 1.99. The maximum atomic E-state index is 11.9. The van der Waals surface area contributed by atoms with E-state index in [-0.39, 0.29) is 11.7 Å². The third-order valence-corrected chi connectivity index (χ3v) is 5.37. The maximum absolute atomic E-state index is 11.9. The molecule has 25 heavy (non-hydrogen) atoms. The highest BCUT2D eigenvalue weighted by molar-refractivity contribution is 7.99. The van der Waals surface area contributed by atoms with Crippen LogP contribution in [-0.2, 0) is 11.8 Å². The Balaban J connectivity index is 1.53. The SMILES string of the molecule is CSc1ccc(/C=N/NC(=O)CSc2nc3ccccc3n2C)cc1. The van der Waals surface area contributed by atoms with E-state index in [0.29, 0.717) is 0 Å². The van der Waals surface area contributed by atoms with Gasteiger partial charge in [0.05, 0.1) is 23.0 Å². The standard InChI is InChI=1S/C18H18N4OS2/c1-22-16-6-4-3-5-15(16)20-18(22)25-12-17(23)21-19-11-13-7-9-14(24-2)10-8-13/h3-11H,12H2,1-2H3,(H,21,23)/b19-11+. The van der Waals surface area contributed by atoms with E-state index >= 15 is 0 Å². The Bertz CT molecular complexity index is 903. The van der Waals surface area contributed by atoms with Crippen molar-refractivity contribution in [3.05, 3.63) is 54.1 Å². The molecule has 2 aromatic carbocycles. The zero-order chi connectivity index (χ0) is 17.6. The molecule has 5 nitrogen and oxygen atoms in total. The lowest BCUT2D eigenvalue weighted by Crippen LogP contribution is -2.19. The smallest absolute Gasteiger partial charge is 0.250 e. The van der Waals surface area contributed by atoms with Gasteiger partial charge in [-0.25, -0.2) is 10.4 Å². The molecule has 7 heteroatoms. The van der Waals surface area contributed by atoms with Crippen molar-refractivity contribution in [1.82, 2.24) is 15.0 Å². The van der Waals surface area contributed by atoms with Crippen molar-refractivity contribution in [3.8, 4) is 0 Å². The number of hydrogen-bond donors (Lipinski definition) is 1. The summed E-state index contributed by atoms with van der Waals surface area (Å²) in [6.07, 6.45) is 3.67. The van der Waals surface area contributed by atoms with Crippen LogP contribution in [0, 0.1) is 0 Å². The van der Waals surface area contributed by atoms with Gasteiger partial charge < -0.3 is 4.57 Å². The molecule has 1 amide bonds. The fourth-order valence-corrected chi connectivity index (χ4v) is 3.47. The van der Waals surface area contributed by atoms with Crippen LogP contribution in [0.15, 0.2) is 63.7 Å². The van der Waals surface area contributed by atoms with Gasteiger partial charge in [0.1, 0.15) is 0 Å². The first kappa shape index (κ1) is 17.6. The van der Waals surface area contributed by atoms with E-state index in [4.69, 9.17) is 0 Å². The predicted molar refractivity (Wildman–Crippen MR) is 105 cm³/mol. The van der Waals surface area contributed by atoms with Crippen molar-refractivity contribution in [2.45, 2.75) is 10.1 Å². The van der Waals surface area contributed by atoms with E-state index in [1.807, 2.05) is 66.4 Å². The molecule has 1 heterocycles. The van der Waals surface area contributed by atoms with Crippen LogP contribution in [0.5, 0.6) is 0 Å². The molecule has 0 aliphatic rings. The van der Waals surface area contributed by atoms with E-state index < -0.39 is 0 Å². The molecule has 1 aromatic heterocycles. The summed E-state index contributed by atoms with van der Waals surface area (Å²) in [5, 5.41) is 4.82. The molecule has 0 saturated carbocycles. The zero-order valence-electron chi connectivity index (χ0n) is 14.0. The van der Waals surface area contributed by atoms with Gasteiger partial charge in [0.2, 0.25) is 0 Å². The molecule has 0 unspecified atom stereocenters. The Morgan fingerprint density at radius 2 is 2.00 bits per heavy atom. The van der Waals surface area contributed by atoms with E-state index in [1.165, 1.54) is 16.7 Å². The molecular weight excluding hydrogens is 352 g/mol. The van der Waals surface area contributed by atoms with Crippen molar-refractivity contribution in [1.29, 1.82) is 0 Å². The van der Waals surface area contributed by atoms with Gasteiger partial charge in [-0.3, -0.25) is 4.79 Å². The number of hydrogen-bond acceptors (Lipinski definition) is 5. The van der Waals surface area contributed by atoms with Crippen LogP contribution in [0.2, 0.25) is 0 Å². The molecule has 0 saturated heterocycles. The van der Waals surface area contributed by atoms with Crippen molar-refractivity contribution in [2.24, 2.45) is 12.1 Å². The molecule has 0 aliphatic heterocycles. The molecule has 1 N–H and O–H groups in total. The first-order chi connectivity index (χ1) is 12.2. The number of aryl methyl sites for hydroxylation is 1. The second-order valence-electron chi connectivity index (χ2n) is 5.30. The largest absolute Gasteiger partial charge is 0.322 e. The minimum Gasteiger partial charge on any atom is -0.322 e. The summed E-state index contributed by atoms with van der Waals surface area (Å²) in [4.78, 5) is 17.7. The van der Waals surface area contributed by atoms with Crippen molar-refractivity contribution in [3.63, 3.8) is 0 Å². The lowest BCUT2D eigenvalue weighted by Gasteiger charge is -2.01. The number of nitrogens with zero attached hydrogens (tertiary/aromatic N) is 3. The molecular formula is C18H18N4OS2. The Kier molecular flexibility index (Phi) is 5.78. The van der Waals surface area contributed by atoms with Crippen LogP contribution >= 0.6 is 23.5 Å². The van der Waals surface area contributed by atoms with Gasteiger partial charge in [-0.2, -0.15) is 5.10 Å². The number of nitrogens with one attached hydrogen (secondary N) is 1. The van der Waals surface area contributed by atoms with E-state index in [0.717, 1.165) is 21.8 Å². The Morgan fingerprint density at radius 1 is 1.24 bits per heavy atom. The molecule has 0 fully saturated rings. The number of thioether (sulfide) groups is 2. The van der Waals surface area contributed by atoms with Crippen LogP contribution in [0.1, 0.15) is 5.56 Å². The van der Waals surface area contributed by atoms with Gasteiger partial charge in [0.15, 0.2) is 5.16 Å². The second-order valence-corrected chi connectivity index (χ2v) is 7.12. The number of rotatable bonds is 6. The molecule has 3 rings (SSSR count). The van der Waals surface area contributed by atoms with Crippen molar-refractivity contribution in [2.75, 3.05) is 12.0 Å². The summed E-state index contributed by atoms with van der Waals surface area (Å²) in [5.41, 5.74) is 5.48. The Morgan fingerprint density at radius 3 is 2.72 bits per heavy atom. The number of hydrazone groups is 1. The van der Waals surface area contributed by atoms with Crippen LogP contribution < -0.4 is 5.43 Å². The van der Waals surface area contributed by atoms with Crippen LogP contribution in [0.25, 0.3) is 11.0 Å². The number of fused-ring (bicyclic) bond motifs is 1. The van der Waals surface area contributed by atoms with Gasteiger partial charge >= 0.3 is 0 Å². The molecule has 128 valence electrons. The quantitative estimate of drug-likeness (QED) is 0.410. The Labute approximate surface area is 154 Å². The minimum absolute atomic E-state index is 0.158. The molecule has 0 spiro atoms. The number of amides is 1. The van der Waals surface area contributed by atoms with Crippen molar-refractivity contribution < 1.29 is 4.79 Å². The van der Waals surface area contributed by atoms with E-state index in [2.05, 4.69) is 15.5 Å². The number of imidazole rings is 1. The first-order valence-corrected chi connectivity index (χ1v) is 9.88. The summed E-state index contributed by atoms with van der Waals surface area (Å²) >= 11 is 3.08. The van der Waals surface area contributed by atoms with Gasteiger partial charge in [0, 0.05) is 11.9 Å². The predicted octanol–water partition coefficient (Wildman–Crippen LogP) is 3.54. The number of aromatic nitrogens is 2. The number of carbonyl (C=O) groups excluding carboxylic acids is 1. The minimum atomic E-state index is -0.158. The molecule has 0 aliphatic carbocycles. The Hall–Kier alpha value is -2.25. The lowest BCUT2D eigenvalue weighted by molar-refractivity contribution is -0.118. The van der Waals surface area contributed by atoms with Gasteiger partial charge in [-0.1, -0.05) is 36.0 Å². The molecule has 0 atom stereocenters.